The maximum absolute atomic E-state index is 12.3. The fourth-order valence-corrected chi connectivity index (χ4v) is 2.87. The predicted octanol–water partition coefficient (Wildman–Crippen LogP) is 1.60. The van der Waals surface area contributed by atoms with Crippen LogP contribution in [0.1, 0.15) is 37.3 Å². The van der Waals surface area contributed by atoms with E-state index in [1.54, 1.807) is 0 Å². The molecule has 1 atom stereocenters. The Morgan fingerprint density at radius 3 is 2.45 bits per heavy atom. The van der Waals surface area contributed by atoms with Crippen molar-refractivity contribution in [1.82, 2.24) is 5.32 Å². The Bertz CT molecular complexity index is 414. The van der Waals surface area contributed by atoms with Crippen LogP contribution in [0.15, 0.2) is 30.3 Å². The Kier molecular flexibility index (Phi) is 5.56. The largest absolute Gasteiger partial charge is 0.394 e. The average molecular weight is 276 g/mol. The number of nitrogens with one attached hydrogen (secondary N) is 1. The van der Waals surface area contributed by atoms with Gasteiger partial charge in [0.25, 0.3) is 0 Å². The number of carbonyl (C=O) groups is 1. The molecule has 0 aliphatic heterocycles. The third-order valence-corrected chi connectivity index (χ3v) is 4.25. The standard InChI is InChI=1S/C16H24N2O2/c17-10-12-6-8-14(9-7-12)16(20)18-15(11-19)13-4-2-1-3-5-13/h1-5,12,14-15,19H,6-11,17H2,(H,18,20)/t12?,14?,15-/m0/s1. The summed E-state index contributed by atoms with van der Waals surface area (Å²) in [6, 6.07) is 9.29. The maximum Gasteiger partial charge on any atom is 0.223 e. The number of hydrogen-bond donors (Lipinski definition) is 3. The van der Waals surface area contributed by atoms with Gasteiger partial charge in [0.15, 0.2) is 0 Å². The molecular formula is C16H24N2O2. The molecule has 0 aromatic heterocycles. The second-order valence-corrected chi connectivity index (χ2v) is 5.61. The van der Waals surface area contributed by atoms with Crippen LogP contribution in [0.2, 0.25) is 0 Å². The van der Waals surface area contributed by atoms with Crippen LogP contribution in [0.4, 0.5) is 0 Å². The van der Waals surface area contributed by atoms with Crippen molar-refractivity contribution in [3.05, 3.63) is 35.9 Å². The molecule has 1 aliphatic carbocycles. The van der Waals surface area contributed by atoms with Crippen molar-refractivity contribution >= 4 is 5.91 Å². The molecule has 0 radical (unpaired) electrons. The van der Waals surface area contributed by atoms with Crippen molar-refractivity contribution in [2.24, 2.45) is 17.6 Å². The van der Waals surface area contributed by atoms with Gasteiger partial charge in [-0.1, -0.05) is 30.3 Å². The first-order chi connectivity index (χ1) is 9.74. The van der Waals surface area contributed by atoms with E-state index in [2.05, 4.69) is 5.32 Å². The quantitative estimate of drug-likeness (QED) is 0.764. The van der Waals surface area contributed by atoms with Gasteiger partial charge in [-0.3, -0.25) is 4.79 Å². The van der Waals surface area contributed by atoms with E-state index in [-0.39, 0.29) is 24.5 Å². The molecule has 110 valence electrons. The van der Waals surface area contributed by atoms with Gasteiger partial charge in [0.2, 0.25) is 5.91 Å². The summed E-state index contributed by atoms with van der Waals surface area (Å²) in [6.45, 7) is 0.644. The van der Waals surface area contributed by atoms with Gasteiger partial charge in [0.1, 0.15) is 0 Å². The zero-order valence-corrected chi connectivity index (χ0v) is 11.8. The highest BCUT2D eigenvalue weighted by atomic mass is 16.3. The average Bonchev–Trinajstić information content (AvgIpc) is 2.53. The number of rotatable bonds is 5. The first-order valence-electron chi connectivity index (χ1n) is 7.40. The highest BCUT2D eigenvalue weighted by Crippen LogP contribution is 2.28. The van der Waals surface area contributed by atoms with Gasteiger partial charge >= 0.3 is 0 Å². The number of hydrogen-bond acceptors (Lipinski definition) is 3. The number of nitrogens with two attached hydrogens (primary N) is 1. The van der Waals surface area contributed by atoms with E-state index >= 15 is 0 Å². The van der Waals surface area contributed by atoms with Crippen LogP contribution in [-0.2, 0) is 4.79 Å². The van der Waals surface area contributed by atoms with Crippen molar-refractivity contribution in [3.63, 3.8) is 0 Å². The molecule has 1 aliphatic rings. The summed E-state index contributed by atoms with van der Waals surface area (Å²) >= 11 is 0. The molecular weight excluding hydrogens is 252 g/mol. The zero-order chi connectivity index (χ0) is 14.4. The van der Waals surface area contributed by atoms with Crippen LogP contribution >= 0.6 is 0 Å². The van der Waals surface area contributed by atoms with E-state index < -0.39 is 0 Å². The van der Waals surface area contributed by atoms with Crippen molar-refractivity contribution < 1.29 is 9.90 Å². The second kappa shape index (κ2) is 7.41. The summed E-state index contributed by atoms with van der Waals surface area (Å²) in [7, 11) is 0. The molecule has 4 nitrogen and oxygen atoms in total. The summed E-state index contributed by atoms with van der Waals surface area (Å²) < 4.78 is 0. The molecule has 1 aromatic carbocycles. The van der Waals surface area contributed by atoms with Gasteiger partial charge in [0.05, 0.1) is 12.6 Å². The molecule has 1 fully saturated rings. The van der Waals surface area contributed by atoms with Gasteiger partial charge in [-0.25, -0.2) is 0 Å². The molecule has 2 rings (SSSR count). The Hall–Kier alpha value is -1.39. The fraction of sp³-hybridized carbons (Fsp3) is 0.562. The minimum atomic E-state index is -0.309. The molecule has 0 heterocycles. The Labute approximate surface area is 120 Å². The topological polar surface area (TPSA) is 75.4 Å². The first-order valence-corrected chi connectivity index (χ1v) is 7.40. The number of carbonyl (C=O) groups excluding carboxylic acids is 1. The van der Waals surface area contributed by atoms with Gasteiger partial charge in [-0.2, -0.15) is 0 Å². The number of amides is 1. The third kappa shape index (κ3) is 3.81. The van der Waals surface area contributed by atoms with E-state index in [0.29, 0.717) is 5.92 Å². The Morgan fingerprint density at radius 1 is 1.25 bits per heavy atom. The number of aliphatic hydroxyl groups is 1. The monoisotopic (exact) mass is 276 g/mol. The van der Waals surface area contributed by atoms with Crippen molar-refractivity contribution in [2.75, 3.05) is 13.2 Å². The van der Waals surface area contributed by atoms with E-state index in [1.165, 1.54) is 0 Å². The number of benzene rings is 1. The van der Waals surface area contributed by atoms with E-state index in [4.69, 9.17) is 5.73 Å². The zero-order valence-electron chi connectivity index (χ0n) is 11.8. The van der Waals surface area contributed by atoms with Gasteiger partial charge in [-0.15, -0.1) is 0 Å². The SMILES string of the molecule is NCC1CCC(C(=O)N[C@@H](CO)c2ccccc2)CC1. The molecule has 0 saturated heterocycles. The molecule has 1 aromatic rings. The normalized spacial score (nSPS) is 24.1. The smallest absolute Gasteiger partial charge is 0.223 e. The van der Waals surface area contributed by atoms with Crippen LogP contribution in [0, 0.1) is 11.8 Å². The minimum absolute atomic E-state index is 0.0587. The summed E-state index contributed by atoms with van der Waals surface area (Å²) in [5, 5.41) is 12.4. The van der Waals surface area contributed by atoms with Gasteiger partial charge < -0.3 is 16.2 Å². The first kappa shape index (κ1) is 15.0. The Morgan fingerprint density at radius 2 is 1.90 bits per heavy atom. The van der Waals surface area contributed by atoms with Crippen molar-refractivity contribution in [1.29, 1.82) is 0 Å². The maximum atomic E-state index is 12.3. The summed E-state index contributed by atoms with van der Waals surface area (Å²) in [4.78, 5) is 12.3. The third-order valence-electron chi connectivity index (χ3n) is 4.25. The molecule has 4 heteroatoms. The molecule has 1 saturated carbocycles. The lowest BCUT2D eigenvalue weighted by Crippen LogP contribution is -2.37. The fourth-order valence-electron chi connectivity index (χ4n) is 2.87. The molecule has 4 N–H and O–H groups in total. The van der Waals surface area contributed by atoms with Crippen LogP contribution in [-0.4, -0.2) is 24.2 Å². The van der Waals surface area contributed by atoms with Crippen molar-refractivity contribution in [2.45, 2.75) is 31.7 Å². The van der Waals surface area contributed by atoms with E-state index in [1.807, 2.05) is 30.3 Å². The van der Waals surface area contributed by atoms with Crippen LogP contribution in [0.3, 0.4) is 0 Å². The second-order valence-electron chi connectivity index (χ2n) is 5.61. The van der Waals surface area contributed by atoms with Crippen LogP contribution < -0.4 is 11.1 Å². The molecule has 1 amide bonds. The van der Waals surface area contributed by atoms with Crippen molar-refractivity contribution in [3.8, 4) is 0 Å². The van der Waals surface area contributed by atoms with Crippen LogP contribution in [0.25, 0.3) is 0 Å². The lowest BCUT2D eigenvalue weighted by atomic mass is 9.81. The molecule has 0 bridgehead atoms. The number of aliphatic hydroxyl groups excluding tert-OH is 1. The highest BCUT2D eigenvalue weighted by Gasteiger charge is 2.27. The lowest BCUT2D eigenvalue weighted by Gasteiger charge is -2.28. The molecule has 20 heavy (non-hydrogen) atoms. The minimum Gasteiger partial charge on any atom is -0.394 e. The lowest BCUT2D eigenvalue weighted by molar-refractivity contribution is -0.127. The van der Waals surface area contributed by atoms with Gasteiger partial charge in [-0.05, 0) is 43.7 Å². The van der Waals surface area contributed by atoms with Crippen LogP contribution in [0.5, 0.6) is 0 Å². The summed E-state index contributed by atoms with van der Waals surface area (Å²) in [5.74, 6) is 0.695. The van der Waals surface area contributed by atoms with E-state index in [0.717, 1.165) is 37.8 Å². The van der Waals surface area contributed by atoms with Gasteiger partial charge in [0, 0.05) is 5.92 Å². The molecule has 0 spiro atoms. The predicted molar refractivity (Wildman–Crippen MR) is 78.9 cm³/mol. The highest BCUT2D eigenvalue weighted by molar-refractivity contribution is 5.79. The molecule has 0 unspecified atom stereocenters. The summed E-state index contributed by atoms with van der Waals surface area (Å²) in [6.07, 6.45) is 3.87. The summed E-state index contributed by atoms with van der Waals surface area (Å²) in [5.41, 5.74) is 6.61. The Balaban J connectivity index is 1.90. The van der Waals surface area contributed by atoms with E-state index in [9.17, 15) is 9.90 Å².